The minimum absolute atomic E-state index is 0.191. The van der Waals surface area contributed by atoms with Crippen LogP contribution in [0.1, 0.15) is 59.3 Å². The number of hydrogen-bond acceptors (Lipinski definition) is 4. The number of anilines is 1. The number of benzene rings is 1. The molecule has 0 bridgehead atoms. The molecule has 0 aliphatic heterocycles. The standard InChI is InChI=1S/C25H24N6O/c1-16-5-6-18(13-22(16)30-14-21(27-15-30)17-7-8-17)25(32)29-23-4-2-3-20(28-23)24-26-11-12-31(24)19-9-10-19/h2-6,11-15,17,19H,7-10H2,1H3,(H,28,29,32). The van der Waals surface area contributed by atoms with Crippen LogP contribution in [-0.4, -0.2) is 30.0 Å². The van der Waals surface area contributed by atoms with Gasteiger partial charge in [0.2, 0.25) is 0 Å². The Labute approximate surface area is 186 Å². The summed E-state index contributed by atoms with van der Waals surface area (Å²) in [5, 5.41) is 2.94. The zero-order valence-corrected chi connectivity index (χ0v) is 17.9. The normalized spacial score (nSPS) is 15.7. The summed E-state index contributed by atoms with van der Waals surface area (Å²) < 4.78 is 4.18. The molecule has 160 valence electrons. The Morgan fingerprint density at radius 3 is 2.78 bits per heavy atom. The lowest BCUT2D eigenvalue weighted by atomic mass is 10.1. The maximum Gasteiger partial charge on any atom is 0.256 e. The van der Waals surface area contributed by atoms with Gasteiger partial charge in [0.25, 0.3) is 5.91 Å². The fourth-order valence-corrected chi connectivity index (χ4v) is 4.06. The first-order valence-corrected chi connectivity index (χ1v) is 11.1. The van der Waals surface area contributed by atoms with E-state index in [0.717, 1.165) is 28.5 Å². The Kier molecular flexibility index (Phi) is 4.41. The van der Waals surface area contributed by atoms with Gasteiger partial charge < -0.3 is 14.5 Å². The van der Waals surface area contributed by atoms with Crippen molar-refractivity contribution < 1.29 is 4.79 Å². The van der Waals surface area contributed by atoms with E-state index < -0.39 is 0 Å². The zero-order valence-electron chi connectivity index (χ0n) is 17.9. The van der Waals surface area contributed by atoms with Crippen molar-refractivity contribution in [2.24, 2.45) is 0 Å². The maximum atomic E-state index is 13.0. The first kappa shape index (κ1) is 19.0. The topological polar surface area (TPSA) is 77.6 Å². The number of nitrogens with zero attached hydrogens (tertiary/aromatic N) is 5. The van der Waals surface area contributed by atoms with Crippen molar-refractivity contribution in [1.82, 2.24) is 24.1 Å². The van der Waals surface area contributed by atoms with Crippen LogP contribution in [0.3, 0.4) is 0 Å². The lowest BCUT2D eigenvalue weighted by molar-refractivity contribution is 0.102. The third kappa shape index (κ3) is 3.60. The van der Waals surface area contributed by atoms with Gasteiger partial charge in [0.1, 0.15) is 11.5 Å². The van der Waals surface area contributed by atoms with Crippen molar-refractivity contribution in [3.63, 3.8) is 0 Å². The predicted octanol–water partition coefficient (Wildman–Crippen LogP) is 4.90. The highest BCUT2D eigenvalue weighted by atomic mass is 16.1. The summed E-state index contributed by atoms with van der Waals surface area (Å²) in [5.74, 6) is 1.76. The second-order valence-electron chi connectivity index (χ2n) is 8.73. The molecule has 1 amide bonds. The summed E-state index contributed by atoms with van der Waals surface area (Å²) in [5.41, 5.74) is 4.53. The number of aromatic nitrogens is 5. The van der Waals surface area contributed by atoms with Gasteiger partial charge in [-0.3, -0.25) is 4.79 Å². The average Bonchev–Trinajstić information content (AvgIpc) is 3.74. The van der Waals surface area contributed by atoms with Crippen molar-refractivity contribution in [2.75, 3.05) is 5.32 Å². The molecule has 0 saturated heterocycles. The second-order valence-corrected chi connectivity index (χ2v) is 8.73. The molecule has 0 spiro atoms. The summed E-state index contributed by atoms with van der Waals surface area (Å²) in [7, 11) is 0. The van der Waals surface area contributed by atoms with E-state index in [1.807, 2.05) is 54.3 Å². The van der Waals surface area contributed by atoms with Crippen LogP contribution < -0.4 is 5.32 Å². The van der Waals surface area contributed by atoms with E-state index in [9.17, 15) is 4.79 Å². The van der Waals surface area contributed by atoms with Gasteiger partial charge in [-0.15, -0.1) is 0 Å². The van der Waals surface area contributed by atoms with Gasteiger partial charge >= 0.3 is 0 Å². The molecule has 1 aromatic carbocycles. The van der Waals surface area contributed by atoms with Crippen LogP contribution in [0.4, 0.5) is 5.82 Å². The van der Waals surface area contributed by atoms with Crippen LogP contribution >= 0.6 is 0 Å². The van der Waals surface area contributed by atoms with E-state index in [0.29, 0.717) is 23.3 Å². The van der Waals surface area contributed by atoms with Crippen LogP contribution in [-0.2, 0) is 0 Å². The number of amides is 1. The number of pyridine rings is 1. The molecule has 7 nitrogen and oxygen atoms in total. The van der Waals surface area contributed by atoms with Crippen LogP contribution in [0.5, 0.6) is 0 Å². The molecular formula is C25H24N6O. The average molecular weight is 425 g/mol. The Bertz CT molecular complexity index is 1310. The Morgan fingerprint density at radius 2 is 1.97 bits per heavy atom. The van der Waals surface area contributed by atoms with Crippen LogP contribution in [0.25, 0.3) is 17.2 Å². The number of hydrogen-bond donors (Lipinski definition) is 1. The number of rotatable bonds is 6. The van der Waals surface area contributed by atoms with E-state index in [-0.39, 0.29) is 5.91 Å². The molecule has 3 aromatic heterocycles. The Morgan fingerprint density at radius 1 is 1.09 bits per heavy atom. The molecule has 2 fully saturated rings. The molecule has 4 aromatic rings. The highest BCUT2D eigenvalue weighted by molar-refractivity contribution is 6.04. The van der Waals surface area contributed by atoms with Crippen molar-refractivity contribution >= 4 is 11.7 Å². The molecule has 6 rings (SSSR count). The smallest absolute Gasteiger partial charge is 0.256 e. The van der Waals surface area contributed by atoms with Gasteiger partial charge in [0.15, 0.2) is 5.82 Å². The lowest BCUT2D eigenvalue weighted by Gasteiger charge is -2.11. The molecule has 0 radical (unpaired) electrons. The van der Waals surface area contributed by atoms with E-state index in [1.165, 1.54) is 25.7 Å². The molecule has 0 unspecified atom stereocenters. The third-order valence-corrected chi connectivity index (χ3v) is 6.18. The minimum Gasteiger partial charge on any atom is -0.327 e. The highest BCUT2D eigenvalue weighted by Gasteiger charge is 2.27. The van der Waals surface area contributed by atoms with Crippen molar-refractivity contribution in [1.29, 1.82) is 0 Å². The van der Waals surface area contributed by atoms with E-state index in [1.54, 1.807) is 12.3 Å². The number of carbonyl (C=O) groups is 1. The molecule has 3 heterocycles. The molecule has 2 aliphatic carbocycles. The Hall–Kier alpha value is -3.74. The zero-order chi connectivity index (χ0) is 21.7. The fourth-order valence-electron chi connectivity index (χ4n) is 4.06. The fraction of sp³-hybridized carbons (Fsp3) is 0.280. The molecule has 0 atom stereocenters. The molecule has 2 saturated carbocycles. The highest BCUT2D eigenvalue weighted by Crippen LogP contribution is 2.39. The summed E-state index contributed by atoms with van der Waals surface area (Å²) in [4.78, 5) is 26.7. The molecule has 7 heteroatoms. The third-order valence-electron chi connectivity index (χ3n) is 6.18. The Balaban J connectivity index is 1.25. The monoisotopic (exact) mass is 424 g/mol. The molecular weight excluding hydrogens is 400 g/mol. The maximum absolute atomic E-state index is 13.0. The second kappa shape index (κ2) is 7.44. The van der Waals surface area contributed by atoms with Crippen molar-refractivity contribution in [3.8, 4) is 17.2 Å². The van der Waals surface area contributed by atoms with Crippen LogP contribution in [0.2, 0.25) is 0 Å². The SMILES string of the molecule is Cc1ccc(C(=O)Nc2cccc(-c3nccn3C3CC3)n2)cc1-n1cnc(C2CC2)c1. The van der Waals surface area contributed by atoms with Crippen molar-refractivity contribution in [3.05, 3.63) is 78.1 Å². The van der Waals surface area contributed by atoms with E-state index >= 15 is 0 Å². The van der Waals surface area contributed by atoms with E-state index in [2.05, 4.69) is 31.0 Å². The number of carbonyl (C=O) groups excluding carboxylic acids is 1. The van der Waals surface area contributed by atoms with Gasteiger partial charge in [-0.2, -0.15) is 0 Å². The number of imidazole rings is 2. The molecule has 2 aliphatic rings. The molecule has 32 heavy (non-hydrogen) atoms. The largest absolute Gasteiger partial charge is 0.327 e. The van der Waals surface area contributed by atoms with E-state index in [4.69, 9.17) is 0 Å². The van der Waals surface area contributed by atoms with Gasteiger partial charge in [0.05, 0.1) is 17.7 Å². The van der Waals surface area contributed by atoms with Gasteiger partial charge in [-0.25, -0.2) is 15.0 Å². The van der Waals surface area contributed by atoms with Gasteiger partial charge in [0, 0.05) is 36.1 Å². The first-order valence-electron chi connectivity index (χ1n) is 11.1. The summed E-state index contributed by atoms with van der Waals surface area (Å²) in [6.07, 6.45) is 12.5. The minimum atomic E-state index is -0.191. The predicted molar refractivity (Wildman–Crippen MR) is 122 cm³/mol. The quantitative estimate of drug-likeness (QED) is 0.477. The first-order chi connectivity index (χ1) is 15.7. The van der Waals surface area contributed by atoms with Gasteiger partial charge in [-0.05, 0) is 62.4 Å². The van der Waals surface area contributed by atoms with Crippen LogP contribution in [0.15, 0.2) is 61.3 Å². The summed E-state index contributed by atoms with van der Waals surface area (Å²) in [6.45, 7) is 2.04. The van der Waals surface area contributed by atoms with Crippen molar-refractivity contribution in [2.45, 2.75) is 44.6 Å². The molecule has 1 N–H and O–H groups in total. The number of aryl methyl sites for hydroxylation is 1. The van der Waals surface area contributed by atoms with Crippen LogP contribution in [0, 0.1) is 6.92 Å². The lowest BCUT2D eigenvalue weighted by Crippen LogP contribution is -2.14. The summed E-state index contributed by atoms with van der Waals surface area (Å²) >= 11 is 0. The summed E-state index contributed by atoms with van der Waals surface area (Å²) in [6, 6.07) is 11.9. The number of nitrogens with one attached hydrogen (secondary N) is 1. The van der Waals surface area contributed by atoms with Gasteiger partial charge in [-0.1, -0.05) is 12.1 Å².